The molecule has 0 spiro atoms. The van der Waals surface area contributed by atoms with Gasteiger partial charge in [0, 0.05) is 35.2 Å². The molecule has 0 radical (unpaired) electrons. The van der Waals surface area contributed by atoms with Crippen LogP contribution in [0, 0.1) is 0 Å². The molecule has 0 bridgehead atoms. The first-order valence-corrected chi connectivity index (χ1v) is 12.3. The summed E-state index contributed by atoms with van der Waals surface area (Å²) >= 11 is 18.0. The summed E-state index contributed by atoms with van der Waals surface area (Å²) in [6.45, 7) is 3.25. The summed E-state index contributed by atoms with van der Waals surface area (Å²) in [4.78, 5) is 26.9. The molecule has 1 atom stereocenters. The van der Waals surface area contributed by atoms with Gasteiger partial charge in [-0.25, -0.2) is 8.42 Å². The van der Waals surface area contributed by atoms with Crippen LogP contribution in [0.4, 0.5) is 0 Å². The summed E-state index contributed by atoms with van der Waals surface area (Å²) in [7, 11) is -2.65. The standard InChI is InChI=1S/C21H24Cl3N3O4S/c1-4-25-21(29)14(2)27(12-15-5-6-17(23)11-19(15)24)20(28)13-26(3)32(30,31)18-9-7-16(22)8-10-18/h5-11,14H,4,12-13H2,1-3H3,(H,25,29)/t14-/m1/s1. The number of nitrogens with one attached hydrogen (secondary N) is 1. The largest absolute Gasteiger partial charge is 0.355 e. The number of rotatable bonds is 9. The third-order valence-corrected chi connectivity index (χ3v) is 7.41. The number of nitrogens with zero attached hydrogens (tertiary/aromatic N) is 2. The molecule has 0 aromatic heterocycles. The molecule has 2 rings (SSSR count). The van der Waals surface area contributed by atoms with Crippen molar-refractivity contribution in [2.75, 3.05) is 20.1 Å². The van der Waals surface area contributed by atoms with Crippen molar-refractivity contribution in [2.45, 2.75) is 31.3 Å². The minimum Gasteiger partial charge on any atom is -0.355 e. The SMILES string of the molecule is CCNC(=O)[C@@H](C)N(Cc1ccc(Cl)cc1Cl)C(=O)CN(C)S(=O)(=O)c1ccc(Cl)cc1. The van der Waals surface area contributed by atoms with Crippen LogP contribution in [0.25, 0.3) is 0 Å². The lowest BCUT2D eigenvalue weighted by Crippen LogP contribution is -2.50. The van der Waals surface area contributed by atoms with Gasteiger partial charge in [0.1, 0.15) is 6.04 Å². The van der Waals surface area contributed by atoms with E-state index in [2.05, 4.69) is 5.32 Å². The first kappa shape index (κ1) is 26.4. The monoisotopic (exact) mass is 519 g/mol. The van der Waals surface area contributed by atoms with Crippen LogP contribution in [0.5, 0.6) is 0 Å². The van der Waals surface area contributed by atoms with Crippen molar-refractivity contribution in [3.05, 3.63) is 63.1 Å². The molecule has 1 N–H and O–H groups in total. The molecule has 0 heterocycles. The van der Waals surface area contributed by atoms with Crippen molar-refractivity contribution in [2.24, 2.45) is 0 Å². The van der Waals surface area contributed by atoms with E-state index < -0.39 is 28.5 Å². The molecule has 2 aromatic carbocycles. The van der Waals surface area contributed by atoms with Crippen LogP contribution in [-0.2, 0) is 26.2 Å². The molecule has 174 valence electrons. The first-order valence-electron chi connectivity index (χ1n) is 9.70. The predicted molar refractivity (Wildman–Crippen MR) is 126 cm³/mol. The fourth-order valence-electron chi connectivity index (χ4n) is 2.89. The number of amides is 2. The quantitative estimate of drug-likeness (QED) is 0.544. The highest BCUT2D eigenvalue weighted by molar-refractivity contribution is 7.89. The number of likely N-dealkylation sites (N-methyl/N-ethyl adjacent to an activating group) is 2. The Hall–Kier alpha value is -1.84. The normalized spacial score (nSPS) is 12.5. The fourth-order valence-corrected chi connectivity index (χ4v) is 4.61. The molecule has 0 saturated carbocycles. The Labute approximate surface area is 203 Å². The second-order valence-electron chi connectivity index (χ2n) is 7.04. The van der Waals surface area contributed by atoms with Crippen LogP contribution >= 0.6 is 34.8 Å². The second kappa shape index (κ2) is 11.3. The number of carbonyl (C=O) groups excluding carboxylic acids is 2. The van der Waals surface area contributed by atoms with Gasteiger partial charge in [0.15, 0.2) is 0 Å². The van der Waals surface area contributed by atoms with Crippen molar-refractivity contribution < 1.29 is 18.0 Å². The third kappa shape index (κ3) is 6.59. The van der Waals surface area contributed by atoms with E-state index in [1.807, 2.05) is 0 Å². The van der Waals surface area contributed by atoms with Gasteiger partial charge in [-0.2, -0.15) is 4.31 Å². The highest BCUT2D eigenvalue weighted by atomic mass is 35.5. The molecular weight excluding hydrogens is 497 g/mol. The first-order chi connectivity index (χ1) is 15.0. The Morgan fingerprint density at radius 1 is 1.03 bits per heavy atom. The molecule has 32 heavy (non-hydrogen) atoms. The lowest BCUT2D eigenvalue weighted by atomic mass is 10.1. The van der Waals surface area contributed by atoms with Gasteiger partial charge in [0.05, 0.1) is 11.4 Å². The molecule has 0 aliphatic rings. The summed E-state index contributed by atoms with van der Waals surface area (Å²) in [5, 5.41) is 3.83. The van der Waals surface area contributed by atoms with Crippen molar-refractivity contribution in [3.63, 3.8) is 0 Å². The van der Waals surface area contributed by atoms with Crippen molar-refractivity contribution in [1.29, 1.82) is 0 Å². The number of sulfonamides is 1. The minimum absolute atomic E-state index is 0.00118. The van der Waals surface area contributed by atoms with Gasteiger partial charge in [-0.15, -0.1) is 0 Å². The van der Waals surface area contributed by atoms with Gasteiger partial charge in [-0.1, -0.05) is 40.9 Å². The smallest absolute Gasteiger partial charge is 0.243 e. The van der Waals surface area contributed by atoms with E-state index in [1.165, 1.54) is 42.3 Å². The molecule has 0 fully saturated rings. The average molecular weight is 521 g/mol. The third-order valence-electron chi connectivity index (χ3n) is 4.75. The summed E-state index contributed by atoms with van der Waals surface area (Å²) < 4.78 is 26.6. The predicted octanol–water partition coefficient (Wildman–Crippen LogP) is 3.82. The molecule has 0 unspecified atom stereocenters. The highest BCUT2D eigenvalue weighted by Crippen LogP contribution is 2.24. The van der Waals surface area contributed by atoms with Crippen LogP contribution in [0.2, 0.25) is 15.1 Å². The number of halogens is 3. The van der Waals surface area contributed by atoms with Crippen LogP contribution in [0.1, 0.15) is 19.4 Å². The van der Waals surface area contributed by atoms with E-state index in [0.29, 0.717) is 27.2 Å². The molecule has 0 aliphatic heterocycles. The van der Waals surface area contributed by atoms with Gasteiger partial charge < -0.3 is 10.2 Å². The topological polar surface area (TPSA) is 86.8 Å². The maximum Gasteiger partial charge on any atom is 0.243 e. The van der Waals surface area contributed by atoms with E-state index in [4.69, 9.17) is 34.8 Å². The zero-order valence-electron chi connectivity index (χ0n) is 17.8. The van der Waals surface area contributed by atoms with Crippen molar-refractivity contribution in [3.8, 4) is 0 Å². The van der Waals surface area contributed by atoms with E-state index >= 15 is 0 Å². The van der Waals surface area contributed by atoms with Gasteiger partial charge >= 0.3 is 0 Å². The zero-order chi connectivity index (χ0) is 24.1. The van der Waals surface area contributed by atoms with Gasteiger partial charge in [-0.05, 0) is 55.8 Å². The van der Waals surface area contributed by atoms with E-state index in [1.54, 1.807) is 26.0 Å². The van der Waals surface area contributed by atoms with Gasteiger partial charge in [0.25, 0.3) is 0 Å². The molecule has 11 heteroatoms. The molecule has 2 amide bonds. The molecule has 0 aliphatic carbocycles. The van der Waals surface area contributed by atoms with E-state index in [-0.39, 0.29) is 17.3 Å². The van der Waals surface area contributed by atoms with Crippen molar-refractivity contribution in [1.82, 2.24) is 14.5 Å². The Bertz CT molecular complexity index is 1080. The Morgan fingerprint density at radius 2 is 1.62 bits per heavy atom. The van der Waals surface area contributed by atoms with Gasteiger partial charge in [0.2, 0.25) is 21.8 Å². The lowest BCUT2D eigenvalue weighted by Gasteiger charge is -2.30. The van der Waals surface area contributed by atoms with E-state index in [9.17, 15) is 18.0 Å². The lowest BCUT2D eigenvalue weighted by molar-refractivity contribution is -0.140. The maximum atomic E-state index is 13.2. The summed E-state index contributed by atoms with van der Waals surface area (Å²) in [5.74, 6) is -0.927. The Balaban J connectivity index is 2.30. The van der Waals surface area contributed by atoms with Crippen LogP contribution in [0.15, 0.2) is 47.4 Å². The molecular formula is C21H24Cl3N3O4S. The van der Waals surface area contributed by atoms with Crippen LogP contribution in [-0.4, -0.2) is 55.6 Å². The Morgan fingerprint density at radius 3 is 2.19 bits per heavy atom. The number of benzene rings is 2. The molecule has 7 nitrogen and oxygen atoms in total. The summed E-state index contributed by atoms with van der Waals surface area (Å²) in [6.07, 6.45) is 0. The molecule has 2 aromatic rings. The average Bonchev–Trinajstić information content (AvgIpc) is 2.73. The van der Waals surface area contributed by atoms with Crippen LogP contribution in [0.3, 0.4) is 0 Å². The maximum absolute atomic E-state index is 13.2. The van der Waals surface area contributed by atoms with E-state index in [0.717, 1.165) is 4.31 Å². The minimum atomic E-state index is -3.94. The number of hydrogen-bond acceptors (Lipinski definition) is 4. The van der Waals surface area contributed by atoms with Gasteiger partial charge in [-0.3, -0.25) is 9.59 Å². The number of hydrogen-bond donors (Lipinski definition) is 1. The highest BCUT2D eigenvalue weighted by Gasteiger charge is 2.30. The zero-order valence-corrected chi connectivity index (χ0v) is 20.9. The second-order valence-corrected chi connectivity index (χ2v) is 10.4. The van der Waals surface area contributed by atoms with Crippen molar-refractivity contribution >= 4 is 56.6 Å². The molecule has 0 saturated heterocycles. The summed E-state index contributed by atoms with van der Waals surface area (Å²) in [6, 6.07) is 9.59. The fraction of sp³-hybridized carbons (Fsp3) is 0.333. The Kier molecular flexibility index (Phi) is 9.36. The summed E-state index contributed by atoms with van der Waals surface area (Å²) in [5.41, 5.74) is 0.573. The van der Waals surface area contributed by atoms with Crippen LogP contribution < -0.4 is 5.32 Å². The number of carbonyl (C=O) groups is 2.